The van der Waals surface area contributed by atoms with E-state index in [0.29, 0.717) is 12.6 Å². The Morgan fingerprint density at radius 1 is 1.55 bits per heavy atom. The van der Waals surface area contributed by atoms with Crippen molar-refractivity contribution in [2.24, 2.45) is 5.92 Å². The van der Waals surface area contributed by atoms with E-state index in [1.807, 2.05) is 19.4 Å². The van der Waals surface area contributed by atoms with Gasteiger partial charge in [-0.15, -0.1) is 0 Å². The summed E-state index contributed by atoms with van der Waals surface area (Å²) in [6.45, 7) is 9.33. The molecular weight excluding hydrogens is 254 g/mol. The van der Waals surface area contributed by atoms with E-state index in [1.54, 1.807) is 0 Å². The molecule has 2 rings (SSSR count). The molecular formula is C15H25N3O2. The topological polar surface area (TPSA) is 47.4 Å². The van der Waals surface area contributed by atoms with Crippen LogP contribution in [0.25, 0.3) is 0 Å². The number of carbonyl (C=O) groups excluding carboxylic acids is 1. The Morgan fingerprint density at radius 2 is 2.35 bits per heavy atom. The lowest BCUT2D eigenvalue weighted by atomic mass is 9.98. The summed E-state index contributed by atoms with van der Waals surface area (Å²) >= 11 is 0. The third-order valence-corrected chi connectivity index (χ3v) is 3.81. The number of hydrogen-bond acceptors (Lipinski definition) is 4. The van der Waals surface area contributed by atoms with Crippen LogP contribution in [0, 0.1) is 5.92 Å². The van der Waals surface area contributed by atoms with Gasteiger partial charge in [0.2, 0.25) is 0 Å². The third kappa shape index (κ3) is 3.60. The summed E-state index contributed by atoms with van der Waals surface area (Å²) in [5.74, 6) is -0.0197. The number of likely N-dealkylation sites (tertiary alicyclic amines) is 1. The highest BCUT2D eigenvalue weighted by Crippen LogP contribution is 2.20. The maximum atomic E-state index is 11.9. The second-order valence-corrected chi connectivity index (χ2v) is 5.71. The molecule has 0 unspecified atom stereocenters. The average Bonchev–Trinajstić information content (AvgIpc) is 2.87. The molecule has 1 aliphatic rings. The number of rotatable bonds is 5. The lowest BCUT2D eigenvalue weighted by Crippen LogP contribution is -2.39. The third-order valence-electron chi connectivity index (χ3n) is 3.81. The summed E-state index contributed by atoms with van der Waals surface area (Å²) < 4.78 is 7.33. The highest BCUT2D eigenvalue weighted by atomic mass is 16.5. The highest BCUT2D eigenvalue weighted by Gasteiger charge is 2.27. The maximum absolute atomic E-state index is 11.9. The molecule has 0 spiro atoms. The molecule has 0 amide bonds. The molecule has 112 valence electrons. The van der Waals surface area contributed by atoms with Crippen LogP contribution in [-0.4, -0.2) is 40.1 Å². The zero-order valence-electron chi connectivity index (χ0n) is 12.7. The SMILES string of the molecule is CCOC(=O)[C@H]1CCCN(Cc2cncn2C(C)C)C1. The first-order valence-corrected chi connectivity index (χ1v) is 7.51. The first-order chi connectivity index (χ1) is 9.61. The summed E-state index contributed by atoms with van der Waals surface area (Å²) in [6, 6.07) is 0.415. The van der Waals surface area contributed by atoms with Gasteiger partial charge in [0.05, 0.1) is 24.5 Å². The minimum Gasteiger partial charge on any atom is -0.466 e. The first-order valence-electron chi connectivity index (χ1n) is 7.51. The van der Waals surface area contributed by atoms with Crippen molar-refractivity contribution >= 4 is 5.97 Å². The van der Waals surface area contributed by atoms with Crippen LogP contribution in [0.2, 0.25) is 0 Å². The second-order valence-electron chi connectivity index (χ2n) is 5.71. The lowest BCUT2D eigenvalue weighted by Gasteiger charge is -2.31. The fraction of sp³-hybridized carbons (Fsp3) is 0.733. The van der Waals surface area contributed by atoms with E-state index in [1.165, 1.54) is 5.69 Å². The molecule has 1 saturated heterocycles. The van der Waals surface area contributed by atoms with Crippen molar-refractivity contribution in [1.82, 2.24) is 14.5 Å². The van der Waals surface area contributed by atoms with Crippen molar-refractivity contribution in [3.63, 3.8) is 0 Å². The fourth-order valence-electron chi connectivity index (χ4n) is 2.80. The van der Waals surface area contributed by atoms with Crippen molar-refractivity contribution in [1.29, 1.82) is 0 Å². The summed E-state index contributed by atoms with van der Waals surface area (Å²) in [4.78, 5) is 18.4. The molecule has 0 aliphatic carbocycles. The summed E-state index contributed by atoms with van der Waals surface area (Å²) in [6.07, 6.45) is 5.80. The Labute approximate surface area is 120 Å². The molecule has 1 aromatic heterocycles. The number of hydrogen-bond donors (Lipinski definition) is 0. The quantitative estimate of drug-likeness (QED) is 0.776. The number of ether oxygens (including phenoxy) is 1. The molecule has 0 aromatic carbocycles. The monoisotopic (exact) mass is 279 g/mol. The Hall–Kier alpha value is -1.36. The Morgan fingerprint density at radius 3 is 3.05 bits per heavy atom. The van der Waals surface area contributed by atoms with Gasteiger partial charge in [-0.25, -0.2) is 4.98 Å². The summed E-state index contributed by atoms with van der Waals surface area (Å²) in [5.41, 5.74) is 1.21. The van der Waals surface area contributed by atoms with Gasteiger partial charge in [0.25, 0.3) is 0 Å². The van der Waals surface area contributed by atoms with Gasteiger partial charge in [0.15, 0.2) is 0 Å². The van der Waals surface area contributed by atoms with Gasteiger partial charge < -0.3 is 9.30 Å². The number of carbonyl (C=O) groups is 1. The van der Waals surface area contributed by atoms with Gasteiger partial charge in [0, 0.05) is 25.3 Å². The largest absolute Gasteiger partial charge is 0.466 e. The van der Waals surface area contributed by atoms with E-state index >= 15 is 0 Å². The lowest BCUT2D eigenvalue weighted by molar-refractivity contribution is -0.150. The highest BCUT2D eigenvalue weighted by molar-refractivity contribution is 5.72. The van der Waals surface area contributed by atoms with Crippen LogP contribution in [0.15, 0.2) is 12.5 Å². The van der Waals surface area contributed by atoms with Gasteiger partial charge in [-0.3, -0.25) is 9.69 Å². The normalized spacial score (nSPS) is 20.3. The van der Waals surface area contributed by atoms with E-state index in [-0.39, 0.29) is 11.9 Å². The van der Waals surface area contributed by atoms with Gasteiger partial charge in [-0.1, -0.05) is 0 Å². The zero-order chi connectivity index (χ0) is 14.5. The average molecular weight is 279 g/mol. The van der Waals surface area contributed by atoms with Crippen LogP contribution < -0.4 is 0 Å². The summed E-state index contributed by atoms with van der Waals surface area (Å²) in [5, 5.41) is 0. The molecule has 0 bridgehead atoms. The number of aromatic nitrogens is 2. The number of imidazole rings is 1. The maximum Gasteiger partial charge on any atom is 0.310 e. The van der Waals surface area contributed by atoms with Crippen molar-refractivity contribution in [3.05, 3.63) is 18.2 Å². The molecule has 20 heavy (non-hydrogen) atoms. The predicted molar refractivity (Wildman–Crippen MR) is 77.2 cm³/mol. The Balaban J connectivity index is 1.96. The number of esters is 1. The molecule has 0 saturated carbocycles. The molecule has 0 N–H and O–H groups in total. The van der Waals surface area contributed by atoms with E-state index < -0.39 is 0 Å². The van der Waals surface area contributed by atoms with E-state index in [0.717, 1.165) is 32.5 Å². The number of piperidine rings is 1. The van der Waals surface area contributed by atoms with Crippen LogP contribution in [0.4, 0.5) is 0 Å². The van der Waals surface area contributed by atoms with Crippen LogP contribution in [0.5, 0.6) is 0 Å². The minimum absolute atomic E-state index is 0.0270. The van der Waals surface area contributed by atoms with Crippen molar-refractivity contribution in [3.8, 4) is 0 Å². The van der Waals surface area contributed by atoms with Crippen LogP contribution in [0.3, 0.4) is 0 Å². The molecule has 2 heterocycles. The first kappa shape index (κ1) is 15.0. The molecule has 1 aromatic rings. The van der Waals surface area contributed by atoms with Crippen LogP contribution >= 0.6 is 0 Å². The molecule has 1 atom stereocenters. The minimum atomic E-state index is -0.0467. The van der Waals surface area contributed by atoms with Crippen LogP contribution in [-0.2, 0) is 16.1 Å². The van der Waals surface area contributed by atoms with Gasteiger partial charge in [0.1, 0.15) is 0 Å². The van der Waals surface area contributed by atoms with Gasteiger partial charge in [-0.2, -0.15) is 0 Å². The van der Waals surface area contributed by atoms with Gasteiger partial charge >= 0.3 is 5.97 Å². The molecule has 0 radical (unpaired) electrons. The predicted octanol–water partition coefficient (Wildman–Crippen LogP) is 2.24. The molecule has 1 fully saturated rings. The Kier molecular flexibility index (Phi) is 5.17. The van der Waals surface area contributed by atoms with E-state index in [4.69, 9.17) is 4.74 Å². The van der Waals surface area contributed by atoms with Crippen molar-refractivity contribution in [2.75, 3.05) is 19.7 Å². The van der Waals surface area contributed by atoms with Crippen molar-refractivity contribution in [2.45, 2.75) is 46.2 Å². The smallest absolute Gasteiger partial charge is 0.310 e. The van der Waals surface area contributed by atoms with E-state index in [9.17, 15) is 4.79 Å². The zero-order valence-corrected chi connectivity index (χ0v) is 12.7. The molecule has 1 aliphatic heterocycles. The van der Waals surface area contributed by atoms with E-state index in [2.05, 4.69) is 28.3 Å². The van der Waals surface area contributed by atoms with Crippen molar-refractivity contribution < 1.29 is 9.53 Å². The fourth-order valence-corrected chi connectivity index (χ4v) is 2.80. The van der Waals surface area contributed by atoms with Gasteiger partial charge in [-0.05, 0) is 40.2 Å². The second kappa shape index (κ2) is 6.88. The summed E-state index contributed by atoms with van der Waals surface area (Å²) in [7, 11) is 0. The molecule has 5 nitrogen and oxygen atoms in total. The molecule has 5 heteroatoms. The Bertz CT molecular complexity index is 442. The van der Waals surface area contributed by atoms with Crippen LogP contribution in [0.1, 0.15) is 45.3 Å². The number of nitrogens with zero attached hydrogens (tertiary/aromatic N) is 3. The standard InChI is InChI=1S/C15H25N3O2/c1-4-20-15(19)13-6-5-7-17(9-13)10-14-8-16-11-18(14)12(2)3/h8,11-13H,4-7,9-10H2,1-3H3/t13-/m0/s1.